The van der Waals surface area contributed by atoms with E-state index < -0.39 is 30.4 Å². The molecular weight excluding hydrogens is 390 g/mol. The molecular formula is C18H14F6N2O2. The zero-order valence-corrected chi connectivity index (χ0v) is 14.4. The highest BCUT2D eigenvalue weighted by atomic mass is 19.4. The van der Waals surface area contributed by atoms with Gasteiger partial charge in [-0.2, -0.15) is 22.0 Å². The summed E-state index contributed by atoms with van der Waals surface area (Å²) in [5.41, 5.74) is -0.791. The molecule has 1 aromatic carbocycles. The van der Waals surface area contributed by atoms with Crippen molar-refractivity contribution in [3.63, 3.8) is 0 Å². The second-order valence-corrected chi connectivity index (χ2v) is 6.00. The van der Waals surface area contributed by atoms with E-state index in [2.05, 4.69) is 9.97 Å². The number of aromatic nitrogens is 2. The minimum Gasteiger partial charge on any atom is -0.485 e. The third-order valence-electron chi connectivity index (χ3n) is 3.97. The highest BCUT2D eigenvalue weighted by Gasteiger charge is 2.40. The lowest BCUT2D eigenvalue weighted by atomic mass is 10.2. The standard InChI is InChI=1S/C18H14F6N2O2/c1-2-15(19)17(20,21)9-27-14-8-25-6-5-11(14)16-26-12-7-10(18(22,23)24)3-4-13(12)28-16/h3-8,15H,2,9H2,1H3. The van der Waals surface area contributed by atoms with Gasteiger partial charge in [-0.3, -0.25) is 4.98 Å². The number of alkyl halides is 6. The molecule has 28 heavy (non-hydrogen) atoms. The molecule has 2 heterocycles. The van der Waals surface area contributed by atoms with Crippen molar-refractivity contribution in [3.05, 3.63) is 42.2 Å². The summed E-state index contributed by atoms with van der Waals surface area (Å²) < 4.78 is 89.7. The zero-order valence-electron chi connectivity index (χ0n) is 14.4. The summed E-state index contributed by atoms with van der Waals surface area (Å²) in [6.07, 6.45) is -4.90. The Morgan fingerprint density at radius 2 is 1.89 bits per heavy atom. The Morgan fingerprint density at radius 1 is 1.14 bits per heavy atom. The SMILES string of the molecule is CCC(F)C(F)(F)COc1cnccc1-c1nc2cc(C(F)(F)F)ccc2o1. The zero-order chi connectivity index (χ0) is 20.5. The summed E-state index contributed by atoms with van der Waals surface area (Å²) >= 11 is 0. The average molecular weight is 404 g/mol. The molecule has 0 bridgehead atoms. The Hall–Kier alpha value is -2.78. The molecule has 0 amide bonds. The van der Waals surface area contributed by atoms with E-state index in [1.54, 1.807) is 0 Å². The van der Waals surface area contributed by atoms with Crippen LogP contribution in [0.3, 0.4) is 0 Å². The maximum absolute atomic E-state index is 13.7. The molecule has 150 valence electrons. The number of pyridine rings is 1. The Kier molecular flexibility index (Phi) is 5.22. The highest BCUT2D eigenvalue weighted by Crippen LogP contribution is 2.35. The molecule has 3 rings (SSSR count). The molecule has 10 heteroatoms. The number of ether oxygens (including phenoxy) is 1. The van der Waals surface area contributed by atoms with Gasteiger partial charge in [0.2, 0.25) is 5.89 Å². The summed E-state index contributed by atoms with van der Waals surface area (Å²) in [6.45, 7) is 0.0424. The van der Waals surface area contributed by atoms with Gasteiger partial charge in [-0.15, -0.1) is 0 Å². The van der Waals surface area contributed by atoms with E-state index in [4.69, 9.17) is 9.15 Å². The van der Waals surface area contributed by atoms with Crippen LogP contribution >= 0.6 is 0 Å². The average Bonchev–Trinajstić information content (AvgIpc) is 3.08. The van der Waals surface area contributed by atoms with Gasteiger partial charge < -0.3 is 9.15 Å². The number of fused-ring (bicyclic) bond motifs is 1. The molecule has 0 radical (unpaired) electrons. The van der Waals surface area contributed by atoms with E-state index in [1.165, 1.54) is 19.2 Å². The summed E-state index contributed by atoms with van der Waals surface area (Å²) in [4.78, 5) is 7.73. The Morgan fingerprint density at radius 3 is 2.57 bits per heavy atom. The molecule has 3 aromatic rings. The monoisotopic (exact) mass is 404 g/mol. The number of rotatable bonds is 6. The van der Waals surface area contributed by atoms with Crippen molar-refractivity contribution in [2.24, 2.45) is 0 Å². The van der Waals surface area contributed by atoms with Crippen LogP contribution in [0.1, 0.15) is 18.9 Å². The van der Waals surface area contributed by atoms with Crippen LogP contribution in [0.15, 0.2) is 41.1 Å². The fraction of sp³-hybridized carbons (Fsp3) is 0.333. The number of oxazole rings is 1. The lowest BCUT2D eigenvalue weighted by Gasteiger charge is -2.20. The first-order chi connectivity index (χ1) is 13.1. The highest BCUT2D eigenvalue weighted by molar-refractivity contribution is 5.78. The second-order valence-electron chi connectivity index (χ2n) is 6.00. The number of hydrogen-bond donors (Lipinski definition) is 0. The lowest BCUT2D eigenvalue weighted by molar-refractivity contribution is -0.137. The first-order valence-corrected chi connectivity index (χ1v) is 8.18. The van der Waals surface area contributed by atoms with Gasteiger partial charge in [-0.05, 0) is 30.7 Å². The molecule has 1 atom stereocenters. The van der Waals surface area contributed by atoms with Crippen LogP contribution in [0.2, 0.25) is 0 Å². The van der Waals surface area contributed by atoms with Crippen molar-refractivity contribution in [1.82, 2.24) is 9.97 Å². The van der Waals surface area contributed by atoms with Crippen molar-refractivity contribution in [2.45, 2.75) is 31.6 Å². The van der Waals surface area contributed by atoms with E-state index in [1.807, 2.05) is 0 Å². The maximum Gasteiger partial charge on any atom is 0.416 e. The van der Waals surface area contributed by atoms with E-state index in [-0.39, 0.29) is 34.7 Å². The third-order valence-corrected chi connectivity index (χ3v) is 3.97. The summed E-state index contributed by atoms with van der Waals surface area (Å²) in [6, 6.07) is 4.11. The minimum absolute atomic E-state index is 0.0623. The molecule has 0 spiro atoms. The van der Waals surface area contributed by atoms with Crippen LogP contribution in [0.5, 0.6) is 5.75 Å². The van der Waals surface area contributed by atoms with Crippen molar-refractivity contribution in [2.75, 3.05) is 6.61 Å². The van der Waals surface area contributed by atoms with Crippen molar-refractivity contribution in [3.8, 4) is 17.2 Å². The van der Waals surface area contributed by atoms with Crippen LogP contribution in [0, 0.1) is 0 Å². The third kappa shape index (κ3) is 4.05. The van der Waals surface area contributed by atoms with Gasteiger partial charge in [0.05, 0.1) is 17.3 Å². The smallest absolute Gasteiger partial charge is 0.416 e. The normalized spacial score (nSPS) is 13.7. The fourth-order valence-corrected chi connectivity index (χ4v) is 2.45. The van der Waals surface area contributed by atoms with Gasteiger partial charge >= 0.3 is 12.1 Å². The number of halogens is 6. The molecule has 0 saturated heterocycles. The summed E-state index contributed by atoms with van der Waals surface area (Å²) in [7, 11) is 0. The van der Waals surface area contributed by atoms with Crippen LogP contribution in [-0.4, -0.2) is 28.7 Å². The molecule has 0 N–H and O–H groups in total. The van der Waals surface area contributed by atoms with Gasteiger partial charge in [-0.1, -0.05) is 6.92 Å². The predicted octanol–water partition coefficient (Wildman–Crippen LogP) is 5.67. The second kappa shape index (κ2) is 7.33. The molecule has 0 saturated carbocycles. The van der Waals surface area contributed by atoms with Gasteiger partial charge in [-0.25, -0.2) is 9.37 Å². The van der Waals surface area contributed by atoms with E-state index in [0.717, 1.165) is 24.4 Å². The fourth-order valence-electron chi connectivity index (χ4n) is 2.45. The topological polar surface area (TPSA) is 48.2 Å². The largest absolute Gasteiger partial charge is 0.485 e. The Balaban J connectivity index is 1.92. The molecule has 0 aliphatic rings. The van der Waals surface area contributed by atoms with Gasteiger partial charge in [0, 0.05) is 6.20 Å². The van der Waals surface area contributed by atoms with E-state index in [0.29, 0.717) is 0 Å². The quantitative estimate of drug-likeness (QED) is 0.497. The van der Waals surface area contributed by atoms with Gasteiger partial charge in [0.25, 0.3) is 0 Å². The first-order valence-electron chi connectivity index (χ1n) is 8.18. The molecule has 4 nitrogen and oxygen atoms in total. The van der Waals surface area contributed by atoms with Crippen LogP contribution in [0.4, 0.5) is 26.3 Å². The number of hydrogen-bond acceptors (Lipinski definition) is 4. The van der Waals surface area contributed by atoms with Crippen LogP contribution in [0.25, 0.3) is 22.6 Å². The van der Waals surface area contributed by atoms with Crippen LogP contribution < -0.4 is 4.74 Å². The van der Waals surface area contributed by atoms with Crippen molar-refractivity contribution >= 4 is 11.1 Å². The first kappa shape index (κ1) is 20.0. The van der Waals surface area contributed by atoms with Crippen LogP contribution in [-0.2, 0) is 6.18 Å². The molecule has 0 aliphatic heterocycles. The predicted molar refractivity (Wildman–Crippen MR) is 87.9 cm³/mol. The van der Waals surface area contributed by atoms with Crippen molar-refractivity contribution in [1.29, 1.82) is 0 Å². The Labute approximate surface area is 155 Å². The number of benzene rings is 1. The summed E-state index contributed by atoms with van der Waals surface area (Å²) in [5.74, 6) is -4.01. The maximum atomic E-state index is 13.7. The molecule has 1 unspecified atom stereocenters. The molecule has 0 aliphatic carbocycles. The van der Waals surface area contributed by atoms with Gasteiger partial charge in [0.15, 0.2) is 24.1 Å². The Bertz CT molecular complexity index is 970. The minimum atomic E-state index is -4.55. The molecule has 2 aromatic heterocycles. The lowest BCUT2D eigenvalue weighted by Crippen LogP contribution is -2.36. The van der Waals surface area contributed by atoms with E-state index in [9.17, 15) is 26.3 Å². The summed E-state index contributed by atoms with van der Waals surface area (Å²) in [5, 5.41) is 0. The van der Waals surface area contributed by atoms with E-state index >= 15 is 0 Å². The van der Waals surface area contributed by atoms with Crippen molar-refractivity contribution < 1.29 is 35.5 Å². The molecule has 0 fully saturated rings. The van der Waals surface area contributed by atoms with Gasteiger partial charge in [0.1, 0.15) is 5.52 Å². The number of nitrogens with zero attached hydrogens (tertiary/aromatic N) is 2.